The maximum atomic E-state index is 12.5. The lowest BCUT2D eigenvalue weighted by Crippen LogP contribution is -2.38. The van der Waals surface area contributed by atoms with Gasteiger partial charge in [-0.1, -0.05) is 0 Å². The van der Waals surface area contributed by atoms with Crippen molar-refractivity contribution >= 4 is 22.6 Å². The van der Waals surface area contributed by atoms with Gasteiger partial charge in [0.15, 0.2) is 0 Å². The Morgan fingerprint density at radius 1 is 1.43 bits per heavy atom. The molecule has 0 saturated carbocycles. The number of carbonyl (C=O) groups excluding carboxylic acids is 1. The Morgan fingerprint density at radius 3 is 3.26 bits per heavy atom. The van der Waals surface area contributed by atoms with E-state index < -0.39 is 0 Å². The minimum absolute atomic E-state index is 0.0128. The number of aromatic nitrogens is 2. The summed E-state index contributed by atoms with van der Waals surface area (Å²) in [5.74, 6) is 0.0128. The Morgan fingerprint density at radius 2 is 2.39 bits per heavy atom. The van der Waals surface area contributed by atoms with E-state index in [0.717, 1.165) is 61.1 Å². The monoisotopic (exact) mass is 315 g/mol. The first kappa shape index (κ1) is 14.7. The molecule has 1 amide bonds. The molecule has 2 aromatic rings. The number of ether oxygens (including phenoxy) is 2. The van der Waals surface area contributed by atoms with E-state index in [4.69, 9.17) is 9.47 Å². The molecule has 1 atom stereocenters. The summed E-state index contributed by atoms with van der Waals surface area (Å²) in [4.78, 5) is 21.9. The highest BCUT2D eigenvalue weighted by Gasteiger charge is 2.25. The zero-order valence-corrected chi connectivity index (χ0v) is 13.1. The van der Waals surface area contributed by atoms with E-state index in [1.54, 1.807) is 6.33 Å². The van der Waals surface area contributed by atoms with Gasteiger partial charge in [-0.15, -0.1) is 0 Å². The lowest BCUT2D eigenvalue weighted by Gasteiger charge is -2.29. The summed E-state index contributed by atoms with van der Waals surface area (Å²) >= 11 is 0. The molecule has 3 heterocycles. The van der Waals surface area contributed by atoms with Crippen molar-refractivity contribution in [1.29, 1.82) is 0 Å². The Hall–Kier alpha value is -1.92. The first-order valence-corrected chi connectivity index (χ1v) is 8.27. The summed E-state index contributed by atoms with van der Waals surface area (Å²) in [5, 5.41) is 0. The van der Waals surface area contributed by atoms with Crippen molar-refractivity contribution < 1.29 is 14.3 Å². The predicted octanol–water partition coefficient (Wildman–Crippen LogP) is 2.04. The molecule has 1 N–H and O–H groups in total. The van der Waals surface area contributed by atoms with Crippen LogP contribution in [-0.2, 0) is 20.7 Å². The Bertz CT molecular complexity index is 706. The molecule has 1 aromatic carbocycles. The molecular weight excluding hydrogens is 294 g/mol. The number of carbonyl (C=O) groups is 1. The highest BCUT2D eigenvalue weighted by atomic mass is 16.5. The molecule has 2 aliphatic rings. The lowest BCUT2D eigenvalue weighted by atomic mass is 10.00. The van der Waals surface area contributed by atoms with E-state index in [1.807, 2.05) is 17.0 Å². The van der Waals surface area contributed by atoms with Crippen LogP contribution in [-0.4, -0.2) is 48.3 Å². The summed E-state index contributed by atoms with van der Waals surface area (Å²) in [5.41, 5.74) is 4.12. The molecule has 1 aromatic heterocycles. The van der Waals surface area contributed by atoms with Gasteiger partial charge in [-0.05, 0) is 37.8 Å². The molecule has 23 heavy (non-hydrogen) atoms. The number of aromatic amines is 1. The fourth-order valence-electron chi connectivity index (χ4n) is 3.48. The molecule has 6 nitrogen and oxygen atoms in total. The third-order valence-corrected chi connectivity index (χ3v) is 4.63. The Balaban J connectivity index is 1.46. The van der Waals surface area contributed by atoms with Crippen molar-refractivity contribution in [2.45, 2.75) is 31.8 Å². The van der Waals surface area contributed by atoms with Gasteiger partial charge in [0.1, 0.15) is 6.61 Å². The van der Waals surface area contributed by atoms with Crippen LogP contribution in [0.5, 0.6) is 0 Å². The van der Waals surface area contributed by atoms with E-state index in [0.29, 0.717) is 6.61 Å². The summed E-state index contributed by atoms with van der Waals surface area (Å²) < 4.78 is 11.1. The van der Waals surface area contributed by atoms with E-state index in [9.17, 15) is 4.79 Å². The Kier molecular flexibility index (Phi) is 4.01. The highest BCUT2D eigenvalue weighted by molar-refractivity contribution is 5.98. The van der Waals surface area contributed by atoms with Crippen molar-refractivity contribution in [2.75, 3.05) is 31.3 Å². The quantitative estimate of drug-likeness (QED) is 0.937. The summed E-state index contributed by atoms with van der Waals surface area (Å²) in [7, 11) is 0. The van der Waals surface area contributed by atoms with Gasteiger partial charge in [0.2, 0.25) is 0 Å². The summed E-state index contributed by atoms with van der Waals surface area (Å²) in [6.45, 7) is 2.16. The molecule has 2 aliphatic heterocycles. The normalized spacial score (nSPS) is 20.9. The molecule has 0 aliphatic carbocycles. The zero-order chi connectivity index (χ0) is 15.6. The number of benzene rings is 1. The summed E-state index contributed by atoms with van der Waals surface area (Å²) in [6.07, 6.45) is 5.88. The van der Waals surface area contributed by atoms with Gasteiger partial charge >= 0.3 is 0 Å². The van der Waals surface area contributed by atoms with E-state index in [2.05, 4.69) is 9.97 Å². The number of anilines is 1. The second-order valence-electron chi connectivity index (χ2n) is 6.16. The highest BCUT2D eigenvalue weighted by Crippen LogP contribution is 2.32. The van der Waals surface area contributed by atoms with Gasteiger partial charge in [-0.3, -0.25) is 4.79 Å². The molecule has 122 valence electrons. The minimum atomic E-state index is 0.0128. The average Bonchev–Trinajstić information content (AvgIpc) is 3.25. The zero-order valence-electron chi connectivity index (χ0n) is 13.1. The van der Waals surface area contributed by atoms with Crippen LogP contribution in [0, 0.1) is 0 Å². The topological polar surface area (TPSA) is 67.5 Å². The molecule has 1 fully saturated rings. The first-order chi connectivity index (χ1) is 11.3. The van der Waals surface area contributed by atoms with Crippen molar-refractivity contribution in [3.63, 3.8) is 0 Å². The molecular formula is C17H21N3O3. The van der Waals surface area contributed by atoms with E-state index in [1.165, 1.54) is 0 Å². The molecule has 0 bridgehead atoms. The fraction of sp³-hybridized carbons (Fsp3) is 0.529. The number of rotatable bonds is 4. The predicted molar refractivity (Wildman–Crippen MR) is 86.6 cm³/mol. The first-order valence-electron chi connectivity index (χ1n) is 8.27. The van der Waals surface area contributed by atoms with Gasteiger partial charge in [-0.25, -0.2) is 4.98 Å². The van der Waals surface area contributed by atoms with Crippen LogP contribution in [0.1, 0.15) is 24.8 Å². The number of fused-ring (bicyclic) bond motifs is 3. The van der Waals surface area contributed by atoms with Crippen LogP contribution in [0.15, 0.2) is 18.5 Å². The van der Waals surface area contributed by atoms with Crippen molar-refractivity contribution in [2.24, 2.45) is 0 Å². The number of imidazole rings is 1. The molecule has 6 heteroatoms. The van der Waals surface area contributed by atoms with Crippen molar-refractivity contribution in [1.82, 2.24) is 9.97 Å². The van der Waals surface area contributed by atoms with Crippen molar-refractivity contribution in [3.8, 4) is 0 Å². The number of aryl methyl sites for hydroxylation is 1. The SMILES string of the molecule is O=C(COCC1CCCO1)N1CCCc2c1ccc1[nH]cnc21. The number of hydrogen-bond acceptors (Lipinski definition) is 4. The summed E-state index contributed by atoms with van der Waals surface area (Å²) in [6, 6.07) is 3.99. The second-order valence-corrected chi connectivity index (χ2v) is 6.16. The lowest BCUT2D eigenvalue weighted by molar-refractivity contribution is -0.124. The van der Waals surface area contributed by atoms with Crippen LogP contribution >= 0.6 is 0 Å². The van der Waals surface area contributed by atoms with Crippen LogP contribution in [0.2, 0.25) is 0 Å². The smallest absolute Gasteiger partial charge is 0.252 e. The number of hydrogen-bond donors (Lipinski definition) is 1. The fourth-order valence-corrected chi connectivity index (χ4v) is 3.48. The van der Waals surface area contributed by atoms with Crippen LogP contribution < -0.4 is 4.90 Å². The molecule has 4 rings (SSSR count). The Labute approximate surface area is 134 Å². The maximum Gasteiger partial charge on any atom is 0.252 e. The van der Waals surface area contributed by atoms with Gasteiger partial charge in [-0.2, -0.15) is 0 Å². The van der Waals surface area contributed by atoms with E-state index >= 15 is 0 Å². The van der Waals surface area contributed by atoms with Gasteiger partial charge < -0.3 is 19.4 Å². The number of H-pyrrole nitrogens is 1. The van der Waals surface area contributed by atoms with Gasteiger partial charge in [0, 0.05) is 24.4 Å². The van der Waals surface area contributed by atoms with Crippen LogP contribution in [0.25, 0.3) is 11.0 Å². The van der Waals surface area contributed by atoms with Gasteiger partial charge in [0.05, 0.1) is 30.1 Å². The number of amides is 1. The van der Waals surface area contributed by atoms with Crippen molar-refractivity contribution in [3.05, 3.63) is 24.0 Å². The second kappa shape index (κ2) is 6.29. The van der Waals surface area contributed by atoms with Crippen LogP contribution in [0.4, 0.5) is 5.69 Å². The largest absolute Gasteiger partial charge is 0.376 e. The van der Waals surface area contributed by atoms with Crippen LogP contribution in [0.3, 0.4) is 0 Å². The third kappa shape index (κ3) is 2.84. The molecule has 0 spiro atoms. The minimum Gasteiger partial charge on any atom is -0.376 e. The average molecular weight is 315 g/mol. The molecule has 1 unspecified atom stereocenters. The molecule has 0 radical (unpaired) electrons. The van der Waals surface area contributed by atoms with E-state index in [-0.39, 0.29) is 18.6 Å². The van der Waals surface area contributed by atoms with Gasteiger partial charge in [0.25, 0.3) is 5.91 Å². The molecule has 1 saturated heterocycles. The maximum absolute atomic E-state index is 12.5. The third-order valence-electron chi connectivity index (χ3n) is 4.63. The standard InChI is InChI=1S/C17H21N3O3/c21-16(10-22-9-12-3-2-8-23-12)20-7-1-4-13-15(20)6-5-14-17(13)19-11-18-14/h5-6,11-12H,1-4,7-10H2,(H,18,19). The number of nitrogens with one attached hydrogen (secondary N) is 1. The number of nitrogens with zero attached hydrogens (tertiary/aromatic N) is 2.